The molecule has 4 aromatic rings. The van der Waals surface area contributed by atoms with Crippen molar-refractivity contribution in [2.75, 3.05) is 0 Å². The summed E-state index contributed by atoms with van der Waals surface area (Å²) in [5.74, 6) is 0.207. The molecule has 0 spiro atoms. The zero-order valence-electron chi connectivity index (χ0n) is 19.9. The Balaban J connectivity index is 2.00. The molecule has 0 saturated carbocycles. The molecule has 0 fully saturated rings. The second kappa shape index (κ2) is 8.40. The van der Waals surface area contributed by atoms with Crippen molar-refractivity contribution < 1.29 is 35.9 Å². The molecule has 0 aliphatic heterocycles. The molecule has 0 aliphatic rings. The van der Waals surface area contributed by atoms with E-state index in [0.717, 1.165) is 23.3 Å². The highest BCUT2D eigenvalue weighted by molar-refractivity contribution is 5.83. The van der Waals surface area contributed by atoms with Crippen LogP contribution in [-0.2, 0) is 11.1 Å². The number of rotatable bonds is 5. The summed E-state index contributed by atoms with van der Waals surface area (Å²) in [6, 6.07) is 11.8. The Bertz CT molecular complexity index is 1370. The second-order valence-electron chi connectivity index (χ2n) is 9.33. The van der Waals surface area contributed by atoms with Crippen LogP contribution in [0.3, 0.4) is 0 Å². The highest BCUT2D eigenvalue weighted by Crippen LogP contribution is 2.51. The van der Waals surface area contributed by atoms with Crippen LogP contribution in [0.1, 0.15) is 54.8 Å². The molecule has 36 heavy (non-hydrogen) atoms. The molecule has 0 saturated heterocycles. The van der Waals surface area contributed by atoms with Crippen molar-refractivity contribution in [3.05, 3.63) is 89.3 Å². The Hall–Kier alpha value is -3.27. The van der Waals surface area contributed by atoms with Gasteiger partial charge in [-0.15, -0.1) is 0 Å². The lowest BCUT2D eigenvalue weighted by Gasteiger charge is -2.34. The normalized spacial score (nSPS) is 15.0. The predicted molar refractivity (Wildman–Crippen MR) is 122 cm³/mol. The fourth-order valence-corrected chi connectivity index (χ4v) is 4.71. The highest BCUT2D eigenvalue weighted by Gasteiger charge is 2.71. The molecule has 1 N–H and O–H groups in total. The standard InChI is InChI=1S/C26H24F6N2O2/c1-15(2)17-6-5-7-19(11-17)23(4,22-13-36-14-33-22)34-16(3)10-18-12-20(8-9-21(18)34)24(35,25(27,28)29)26(30,31)32/h5-15,35H,1-4H3. The fraction of sp³-hybridized carbons (Fsp3) is 0.346. The minimum Gasteiger partial charge on any atom is -0.451 e. The number of aromatic nitrogens is 2. The first-order chi connectivity index (χ1) is 16.6. The minimum atomic E-state index is -5.97. The largest absolute Gasteiger partial charge is 0.451 e. The number of hydrogen-bond donors (Lipinski definition) is 1. The molecule has 2 aromatic carbocycles. The van der Waals surface area contributed by atoms with Gasteiger partial charge in [-0.3, -0.25) is 0 Å². The number of aryl methyl sites for hydroxylation is 1. The molecule has 0 aliphatic carbocycles. The first-order valence-corrected chi connectivity index (χ1v) is 11.1. The Kier molecular flexibility index (Phi) is 6.02. The van der Waals surface area contributed by atoms with E-state index in [9.17, 15) is 31.4 Å². The lowest BCUT2D eigenvalue weighted by molar-refractivity contribution is -0.376. The molecule has 1 unspecified atom stereocenters. The van der Waals surface area contributed by atoms with E-state index in [1.54, 1.807) is 11.5 Å². The van der Waals surface area contributed by atoms with Gasteiger partial charge in [0.15, 0.2) is 6.39 Å². The zero-order chi connectivity index (χ0) is 26.7. The molecule has 2 aromatic heterocycles. The van der Waals surface area contributed by atoms with Crippen LogP contribution >= 0.6 is 0 Å². The number of hydrogen-bond acceptors (Lipinski definition) is 3. The summed E-state index contributed by atoms with van der Waals surface area (Å²) < 4.78 is 87.9. The monoisotopic (exact) mass is 510 g/mol. The van der Waals surface area contributed by atoms with Gasteiger partial charge in [0.05, 0.1) is 0 Å². The number of aliphatic hydroxyl groups is 1. The van der Waals surface area contributed by atoms with Crippen molar-refractivity contribution in [1.82, 2.24) is 9.55 Å². The van der Waals surface area contributed by atoms with Crippen LogP contribution in [0.4, 0.5) is 26.3 Å². The Morgan fingerprint density at radius 2 is 1.58 bits per heavy atom. The van der Waals surface area contributed by atoms with Crippen LogP contribution in [0.25, 0.3) is 10.9 Å². The van der Waals surface area contributed by atoms with Gasteiger partial charge in [0, 0.05) is 22.2 Å². The van der Waals surface area contributed by atoms with E-state index in [1.807, 2.05) is 45.0 Å². The third kappa shape index (κ3) is 3.78. The molecule has 0 bridgehead atoms. The van der Waals surface area contributed by atoms with Crippen LogP contribution < -0.4 is 0 Å². The maximum Gasteiger partial charge on any atom is 0.430 e. The first-order valence-electron chi connectivity index (χ1n) is 11.1. The summed E-state index contributed by atoms with van der Waals surface area (Å²) in [7, 11) is 0. The molecule has 0 amide bonds. The number of nitrogens with zero attached hydrogens (tertiary/aromatic N) is 2. The van der Waals surface area contributed by atoms with Crippen LogP contribution in [0.2, 0.25) is 0 Å². The van der Waals surface area contributed by atoms with E-state index in [0.29, 0.717) is 23.0 Å². The third-order valence-corrected chi connectivity index (χ3v) is 6.72. The quantitative estimate of drug-likeness (QED) is 0.289. The van der Waals surface area contributed by atoms with Gasteiger partial charge < -0.3 is 14.1 Å². The van der Waals surface area contributed by atoms with Crippen LogP contribution in [0.5, 0.6) is 0 Å². The second-order valence-corrected chi connectivity index (χ2v) is 9.33. The summed E-state index contributed by atoms with van der Waals surface area (Å²) in [6.07, 6.45) is -9.23. The molecule has 4 nitrogen and oxygen atoms in total. The number of oxazole rings is 1. The first kappa shape index (κ1) is 25.8. The molecular formula is C26H24F6N2O2. The average Bonchev–Trinajstić information content (AvgIpc) is 3.44. The Morgan fingerprint density at radius 1 is 0.917 bits per heavy atom. The Labute approximate surface area is 203 Å². The average molecular weight is 510 g/mol. The summed E-state index contributed by atoms with van der Waals surface area (Å²) in [4.78, 5) is 4.34. The summed E-state index contributed by atoms with van der Waals surface area (Å²) in [6.45, 7) is 7.62. The smallest absolute Gasteiger partial charge is 0.430 e. The number of benzene rings is 2. The van der Waals surface area contributed by atoms with Crippen LogP contribution in [0, 0.1) is 6.92 Å². The molecular weight excluding hydrogens is 486 g/mol. The topological polar surface area (TPSA) is 51.2 Å². The molecule has 192 valence electrons. The van der Waals surface area contributed by atoms with Crippen molar-refractivity contribution in [2.45, 2.75) is 57.1 Å². The van der Waals surface area contributed by atoms with Gasteiger partial charge in [0.1, 0.15) is 17.5 Å². The zero-order valence-corrected chi connectivity index (χ0v) is 19.9. The maximum atomic E-state index is 13.5. The van der Waals surface area contributed by atoms with Gasteiger partial charge in [0.2, 0.25) is 0 Å². The van der Waals surface area contributed by atoms with Crippen LogP contribution in [0.15, 0.2) is 65.6 Å². The van der Waals surface area contributed by atoms with Gasteiger partial charge in [-0.25, -0.2) is 4.98 Å². The van der Waals surface area contributed by atoms with E-state index >= 15 is 0 Å². The van der Waals surface area contributed by atoms with Crippen molar-refractivity contribution >= 4 is 10.9 Å². The van der Waals surface area contributed by atoms with E-state index in [2.05, 4.69) is 4.98 Å². The molecule has 0 radical (unpaired) electrons. The van der Waals surface area contributed by atoms with Gasteiger partial charge in [-0.2, -0.15) is 26.3 Å². The fourth-order valence-electron chi connectivity index (χ4n) is 4.71. The third-order valence-electron chi connectivity index (χ3n) is 6.72. The van der Waals surface area contributed by atoms with Crippen molar-refractivity contribution in [3.63, 3.8) is 0 Å². The minimum absolute atomic E-state index is 0.103. The van der Waals surface area contributed by atoms with Crippen molar-refractivity contribution in [2.24, 2.45) is 0 Å². The van der Waals surface area contributed by atoms with Crippen molar-refractivity contribution in [3.8, 4) is 0 Å². The molecule has 10 heteroatoms. The molecule has 2 heterocycles. The maximum absolute atomic E-state index is 13.5. The van der Waals surface area contributed by atoms with E-state index in [1.165, 1.54) is 18.7 Å². The van der Waals surface area contributed by atoms with Gasteiger partial charge in [-0.1, -0.05) is 44.2 Å². The van der Waals surface area contributed by atoms with Crippen LogP contribution in [-0.4, -0.2) is 27.0 Å². The number of fused-ring (bicyclic) bond motifs is 1. The Morgan fingerprint density at radius 3 is 2.14 bits per heavy atom. The van der Waals surface area contributed by atoms with Gasteiger partial charge in [-0.05, 0) is 49.1 Å². The van der Waals surface area contributed by atoms with E-state index in [4.69, 9.17) is 4.42 Å². The van der Waals surface area contributed by atoms with E-state index in [-0.39, 0.29) is 11.3 Å². The lowest BCUT2D eigenvalue weighted by atomic mass is 9.85. The summed E-state index contributed by atoms with van der Waals surface area (Å²) in [5.41, 5.74) is -4.07. The highest BCUT2D eigenvalue weighted by atomic mass is 19.4. The van der Waals surface area contributed by atoms with E-state index < -0.39 is 29.1 Å². The summed E-state index contributed by atoms with van der Waals surface area (Å²) in [5, 5.41) is 9.99. The lowest BCUT2D eigenvalue weighted by Crippen LogP contribution is -2.53. The SMILES string of the molecule is Cc1cc2cc(C(O)(C(F)(F)F)C(F)(F)F)ccc2n1C(C)(c1cccc(C(C)C)c1)c1cocn1. The number of alkyl halides is 6. The molecule has 4 rings (SSSR count). The predicted octanol–water partition coefficient (Wildman–Crippen LogP) is 7.19. The molecule has 1 atom stereocenters. The van der Waals surface area contributed by atoms with Gasteiger partial charge >= 0.3 is 12.4 Å². The van der Waals surface area contributed by atoms with Crippen molar-refractivity contribution in [1.29, 1.82) is 0 Å². The summed E-state index contributed by atoms with van der Waals surface area (Å²) >= 11 is 0. The number of halogens is 6. The van der Waals surface area contributed by atoms with Gasteiger partial charge in [0.25, 0.3) is 5.60 Å².